The number of fused-ring (bicyclic) bond motifs is 1. The molecule has 1 saturated carbocycles. The molecule has 1 saturated heterocycles. The molecule has 0 spiro atoms. The lowest BCUT2D eigenvalue weighted by atomic mass is 10.0. The van der Waals surface area contributed by atoms with Crippen LogP contribution in [-0.2, 0) is 20.9 Å². The summed E-state index contributed by atoms with van der Waals surface area (Å²) in [4.78, 5) is 29.7. The molecule has 1 aliphatic carbocycles. The van der Waals surface area contributed by atoms with E-state index < -0.39 is 6.04 Å². The molecule has 2 aliphatic rings. The van der Waals surface area contributed by atoms with Crippen LogP contribution in [0.25, 0.3) is 11.0 Å². The van der Waals surface area contributed by atoms with E-state index >= 15 is 0 Å². The molecule has 10 nitrogen and oxygen atoms in total. The van der Waals surface area contributed by atoms with Crippen LogP contribution in [0.15, 0.2) is 42.5 Å². The van der Waals surface area contributed by atoms with Crippen molar-refractivity contribution in [1.82, 2.24) is 25.2 Å². The van der Waals surface area contributed by atoms with E-state index in [9.17, 15) is 9.59 Å². The van der Waals surface area contributed by atoms with Crippen LogP contribution < -0.4 is 14.8 Å². The Morgan fingerprint density at radius 3 is 2.69 bits per heavy atom. The minimum atomic E-state index is -0.873. The van der Waals surface area contributed by atoms with E-state index in [2.05, 4.69) is 15.6 Å². The molecule has 2 heterocycles. The van der Waals surface area contributed by atoms with Crippen molar-refractivity contribution in [3.8, 4) is 11.5 Å². The summed E-state index contributed by atoms with van der Waals surface area (Å²) in [6.07, 6.45) is 5.67. The summed E-state index contributed by atoms with van der Waals surface area (Å²) in [5, 5.41) is 11.6. The summed E-state index contributed by atoms with van der Waals surface area (Å²) in [5.41, 5.74) is 2.13. The molecule has 1 aromatic heterocycles. The summed E-state index contributed by atoms with van der Waals surface area (Å²) < 4.78 is 18.8. The molecule has 1 aliphatic heterocycles. The Bertz CT molecular complexity index is 1280. The number of nitrogens with zero attached hydrogens (tertiary/aromatic N) is 4. The van der Waals surface area contributed by atoms with Gasteiger partial charge in [-0.15, -0.1) is 5.10 Å². The lowest BCUT2D eigenvalue weighted by molar-refractivity contribution is -0.143. The average Bonchev–Trinajstić information content (AvgIpc) is 3.73. The molecule has 39 heavy (non-hydrogen) atoms. The van der Waals surface area contributed by atoms with Crippen molar-refractivity contribution in [3.63, 3.8) is 0 Å². The van der Waals surface area contributed by atoms with Crippen molar-refractivity contribution >= 4 is 22.8 Å². The number of nitrogens with one attached hydrogen (secondary N) is 1. The number of carbonyl (C=O) groups is 2. The van der Waals surface area contributed by atoms with Crippen LogP contribution in [0.3, 0.4) is 0 Å². The molecule has 3 aromatic rings. The summed E-state index contributed by atoms with van der Waals surface area (Å²) in [5.74, 6) is 0.660. The molecular weight excluding hydrogens is 498 g/mol. The van der Waals surface area contributed by atoms with Crippen LogP contribution in [0.4, 0.5) is 0 Å². The van der Waals surface area contributed by atoms with Gasteiger partial charge in [0.1, 0.15) is 18.1 Å². The van der Waals surface area contributed by atoms with Gasteiger partial charge < -0.3 is 24.4 Å². The largest absolute Gasteiger partial charge is 0.493 e. The molecule has 2 aromatic carbocycles. The van der Waals surface area contributed by atoms with E-state index in [1.807, 2.05) is 37.3 Å². The Kier molecular flexibility index (Phi) is 8.61. The van der Waals surface area contributed by atoms with Crippen molar-refractivity contribution in [2.75, 3.05) is 26.9 Å². The third-order valence-corrected chi connectivity index (χ3v) is 7.51. The molecule has 0 unspecified atom stereocenters. The molecule has 208 valence electrons. The highest BCUT2D eigenvalue weighted by molar-refractivity contribution is 5.89. The second-order valence-electron chi connectivity index (χ2n) is 10.2. The van der Waals surface area contributed by atoms with Crippen LogP contribution in [-0.4, -0.2) is 70.7 Å². The standard InChI is InChI=1S/C29H37N5O5/c1-3-38-25-15-14-20(17-26(25)37-2)28(29(36)30-21-9-4-5-10-21)33(18-22-11-8-16-39-22)27(35)19-34-24-13-7-6-12-23(24)31-32-34/h6-7,12-15,17,21-22,28H,3-5,8-11,16,18-19H2,1-2H3,(H,30,36)/t22-,28+/m0/s1. The number of benzene rings is 2. The zero-order valence-corrected chi connectivity index (χ0v) is 22.7. The third kappa shape index (κ3) is 6.16. The predicted octanol–water partition coefficient (Wildman–Crippen LogP) is 3.65. The SMILES string of the molecule is CCOc1ccc([C@H](C(=O)NC2CCCC2)N(C[C@@H]2CCCO2)C(=O)Cn2nnc3ccccc32)cc1OC. The van der Waals surface area contributed by atoms with Crippen molar-refractivity contribution in [3.05, 3.63) is 48.0 Å². The molecule has 0 radical (unpaired) electrons. The lowest BCUT2D eigenvalue weighted by Gasteiger charge is -2.34. The second kappa shape index (κ2) is 12.5. The van der Waals surface area contributed by atoms with Crippen molar-refractivity contribution in [1.29, 1.82) is 0 Å². The number of methoxy groups -OCH3 is 1. The van der Waals surface area contributed by atoms with Gasteiger partial charge in [0, 0.05) is 19.2 Å². The van der Waals surface area contributed by atoms with Crippen LogP contribution in [0.5, 0.6) is 11.5 Å². The second-order valence-corrected chi connectivity index (χ2v) is 10.2. The average molecular weight is 536 g/mol. The van der Waals surface area contributed by atoms with Crippen molar-refractivity contribution in [2.24, 2.45) is 0 Å². The molecule has 1 N–H and O–H groups in total. The van der Waals surface area contributed by atoms with Gasteiger partial charge >= 0.3 is 0 Å². The monoisotopic (exact) mass is 535 g/mol. The number of hydrogen-bond acceptors (Lipinski definition) is 7. The Hall–Kier alpha value is -3.66. The van der Waals surface area contributed by atoms with E-state index in [0.717, 1.165) is 44.0 Å². The van der Waals surface area contributed by atoms with Gasteiger partial charge in [-0.3, -0.25) is 9.59 Å². The number of carbonyl (C=O) groups excluding carboxylic acids is 2. The fourth-order valence-electron chi connectivity index (χ4n) is 5.56. The van der Waals surface area contributed by atoms with Crippen LogP contribution in [0.1, 0.15) is 57.1 Å². The first-order valence-electron chi connectivity index (χ1n) is 13.9. The molecule has 5 rings (SSSR count). The van der Waals surface area contributed by atoms with E-state index in [1.165, 1.54) is 0 Å². The zero-order chi connectivity index (χ0) is 27.2. The van der Waals surface area contributed by atoms with Crippen LogP contribution in [0.2, 0.25) is 0 Å². The zero-order valence-electron chi connectivity index (χ0n) is 22.7. The molecule has 2 atom stereocenters. The molecule has 10 heteroatoms. The number of hydrogen-bond donors (Lipinski definition) is 1. The quantitative estimate of drug-likeness (QED) is 0.399. The lowest BCUT2D eigenvalue weighted by Crippen LogP contribution is -2.49. The van der Waals surface area contributed by atoms with Crippen molar-refractivity contribution in [2.45, 2.75) is 70.2 Å². The molecule has 0 bridgehead atoms. The summed E-state index contributed by atoms with van der Waals surface area (Å²) in [6.45, 7) is 3.28. The first kappa shape index (κ1) is 26.9. The number of para-hydroxylation sites is 1. The summed E-state index contributed by atoms with van der Waals surface area (Å²) >= 11 is 0. The normalized spacial score (nSPS) is 18.3. The maximum absolute atomic E-state index is 14.1. The maximum atomic E-state index is 14.1. The fraction of sp³-hybridized carbons (Fsp3) is 0.517. The van der Waals surface area contributed by atoms with Gasteiger partial charge in [-0.25, -0.2) is 4.68 Å². The highest BCUT2D eigenvalue weighted by Crippen LogP contribution is 2.34. The first-order chi connectivity index (χ1) is 19.1. The fourth-order valence-corrected chi connectivity index (χ4v) is 5.56. The molecule has 2 fully saturated rings. The van der Waals surface area contributed by atoms with E-state index in [0.29, 0.717) is 42.3 Å². The Morgan fingerprint density at radius 1 is 1.13 bits per heavy atom. The number of aromatic nitrogens is 3. The minimum Gasteiger partial charge on any atom is -0.493 e. The summed E-state index contributed by atoms with van der Waals surface area (Å²) in [6, 6.07) is 12.2. The van der Waals surface area contributed by atoms with Crippen molar-refractivity contribution < 1.29 is 23.8 Å². The van der Waals surface area contributed by atoms with Gasteiger partial charge in [-0.05, 0) is 62.4 Å². The Morgan fingerprint density at radius 2 is 1.95 bits per heavy atom. The van der Waals surface area contributed by atoms with Gasteiger partial charge in [-0.1, -0.05) is 36.3 Å². The van der Waals surface area contributed by atoms with Gasteiger partial charge in [0.2, 0.25) is 11.8 Å². The molecular formula is C29H37N5O5. The molecule has 2 amide bonds. The number of rotatable bonds is 11. The van der Waals surface area contributed by atoms with Gasteiger partial charge in [0.05, 0.1) is 25.3 Å². The minimum absolute atomic E-state index is 0.0470. The van der Waals surface area contributed by atoms with E-state index in [4.69, 9.17) is 14.2 Å². The Labute approximate surface area is 228 Å². The highest BCUT2D eigenvalue weighted by Gasteiger charge is 2.36. The smallest absolute Gasteiger partial charge is 0.247 e. The third-order valence-electron chi connectivity index (χ3n) is 7.51. The van der Waals surface area contributed by atoms with E-state index in [-0.39, 0.29) is 30.5 Å². The van der Waals surface area contributed by atoms with E-state index in [1.54, 1.807) is 28.8 Å². The number of amides is 2. The van der Waals surface area contributed by atoms with Crippen LogP contribution in [0, 0.1) is 0 Å². The first-order valence-corrected chi connectivity index (χ1v) is 13.9. The van der Waals surface area contributed by atoms with Gasteiger partial charge in [-0.2, -0.15) is 0 Å². The number of ether oxygens (including phenoxy) is 3. The van der Waals surface area contributed by atoms with Crippen LogP contribution >= 0.6 is 0 Å². The summed E-state index contributed by atoms with van der Waals surface area (Å²) in [7, 11) is 1.57. The van der Waals surface area contributed by atoms with Gasteiger partial charge in [0.15, 0.2) is 11.5 Å². The Balaban J connectivity index is 1.51. The highest BCUT2D eigenvalue weighted by atomic mass is 16.5. The predicted molar refractivity (Wildman–Crippen MR) is 146 cm³/mol. The van der Waals surface area contributed by atoms with Gasteiger partial charge in [0.25, 0.3) is 0 Å². The topological polar surface area (TPSA) is 108 Å². The maximum Gasteiger partial charge on any atom is 0.247 e.